The van der Waals surface area contributed by atoms with Gasteiger partial charge in [0.25, 0.3) is 0 Å². The first kappa shape index (κ1) is 14.0. The molecule has 0 fully saturated rings. The Hall–Kier alpha value is -1.03. The van der Waals surface area contributed by atoms with E-state index in [1.165, 1.54) is 6.08 Å². The van der Waals surface area contributed by atoms with Crippen molar-refractivity contribution in [3.8, 4) is 0 Å². The van der Waals surface area contributed by atoms with Crippen molar-refractivity contribution < 1.29 is 9.90 Å². The zero-order chi connectivity index (χ0) is 12.8. The number of rotatable bonds is 4. The van der Waals surface area contributed by atoms with E-state index in [0.29, 0.717) is 15.6 Å². The fourth-order valence-electron chi connectivity index (χ4n) is 1.14. The molecule has 0 aromatic heterocycles. The van der Waals surface area contributed by atoms with Crippen molar-refractivity contribution in [3.63, 3.8) is 0 Å². The summed E-state index contributed by atoms with van der Waals surface area (Å²) in [6.07, 6.45) is 2.96. The van der Waals surface area contributed by atoms with Crippen LogP contribution in [0.1, 0.15) is 12.5 Å². The Labute approximate surface area is 110 Å². The topological polar surface area (TPSA) is 49.3 Å². The van der Waals surface area contributed by atoms with Crippen LogP contribution in [0, 0.1) is 0 Å². The third-order valence-electron chi connectivity index (χ3n) is 2.04. The molecule has 0 aliphatic heterocycles. The van der Waals surface area contributed by atoms with Crippen molar-refractivity contribution in [1.29, 1.82) is 0 Å². The molecule has 1 rings (SSSR count). The van der Waals surface area contributed by atoms with Crippen LogP contribution >= 0.6 is 23.2 Å². The maximum Gasteiger partial charge on any atom is 0.244 e. The van der Waals surface area contributed by atoms with Gasteiger partial charge in [-0.05, 0) is 30.7 Å². The van der Waals surface area contributed by atoms with Crippen molar-refractivity contribution in [2.45, 2.75) is 13.0 Å². The molecule has 0 saturated heterocycles. The second kappa shape index (κ2) is 6.64. The molecule has 0 spiro atoms. The minimum absolute atomic E-state index is 0.0960. The first-order valence-electron chi connectivity index (χ1n) is 5.07. The molecule has 0 unspecified atom stereocenters. The van der Waals surface area contributed by atoms with Gasteiger partial charge in [0.15, 0.2) is 0 Å². The van der Waals surface area contributed by atoms with Crippen LogP contribution in [0.15, 0.2) is 24.3 Å². The Balaban J connectivity index is 2.67. The van der Waals surface area contributed by atoms with Gasteiger partial charge in [-0.1, -0.05) is 29.3 Å². The van der Waals surface area contributed by atoms with Crippen molar-refractivity contribution in [2.75, 3.05) is 6.61 Å². The molecule has 0 aliphatic carbocycles. The zero-order valence-corrected chi connectivity index (χ0v) is 10.8. The van der Waals surface area contributed by atoms with E-state index in [-0.39, 0.29) is 18.6 Å². The normalized spacial score (nSPS) is 12.7. The van der Waals surface area contributed by atoms with Gasteiger partial charge in [-0.25, -0.2) is 0 Å². The molecule has 92 valence electrons. The van der Waals surface area contributed by atoms with Crippen LogP contribution in [0.3, 0.4) is 0 Å². The van der Waals surface area contributed by atoms with Gasteiger partial charge in [0, 0.05) is 22.2 Å². The molecule has 17 heavy (non-hydrogen) atoms. The van der Waals surface area contributed by atoms with E-state index in [4.69, 9.17) is 28.3 Å². The lowest BCUT2D eigenvalue weighted by atomic mass is 10.2. The van der Waals surface area contributed by atoms with Gasteiger partial charge in [0.1, 0.15) is 0 Å². The molecule has 5 heteroatoms. The number of nitrogens with one attached hydrogen (secondary N) is 1. The minimum Gasteiger partial charge on any atom is -0.394 e. The average molecular weight is 274 g/mol. The predicted molar refractivity (Wildman–Crippen MR) is 70.2 cm³/mol. The summed E-state index contributed by atoms with van der Waals surface area (Å²) in [6, 6.07) is 4.76. The lowest BCUT2D eigenvalue weighted by Crippen LogP contribution is -2.33. The molecule has 0 saturated carbocycles. The molecular weight excluding hydrogens is 261 g/mol. The predicted octanol–water partition coefficient (Wildman–Crippen LogP) is 2.50. The third kappa shape index (κ3) is 4.77. The van der Waals surface area contributed by atoms with E-state index < -0.39 is 0 Å². The smallest absolute Gasteiger partial charge is 0.244 e. The third-order valence-corrected chi connectivity index (χ3v) is 2.60. The zero-order valence-electron chi connectivity index (χ0n) is 9.28. The summed E-state index contributed by atoms with van der Waals surface area (Å²) < 4.78 is 0. The SMILES string of the molecule is C[C@H](CO)NC(=O)C=Cc1ccc(Cl)cc1Cl. The fraction of sp³-hybridized carbons (Fsp3) is 0.250. The van der Waals surface area contributed by atoms with E-state index in [9.17, 15) is 4.79 Å². The Bertz CT molecular complexity index is 433. The molecule has 0 bridgehead atoms. The Morgan fingerprint density at radius 3 is 2.82 bits per heavy atom. The molecule has 0 radical (unpaired) electrons. The Morgan fingerprint density at radius 2 is 2.24 bits per heavy atom. The van der Waals surface area contributed by atoms with Crippen molar-refractivity contribution in [2.24, 2.45) is 0 Å². The van der Waals surface area contributed by atoms with Gasteiger partial charge >= 0.3 is 0 Å². The number of carbonyl (C=O) groups is 1. The molecule has 1 atom stereocenters. The van der Waals surface area contributed by atoms with Crippen LogP contribution in [-0.4, -0.2) is 23.7 Å². The van der Waals surface area contributed by atoms with E-state index in [0.717, 1.165) is 0 Å². The highest BCUT2D eigenvalue weighted by atomic mass is 35.5. The lowest BCUT2D eigenvalue weighted by Gasteiger charge is -2.07. The van der Waals surface area contributed by atoms with Crippen molar-refractivity contribution >= 4 is 35.2 Å². The summed E-state index contributed by atoms with van der Waals surface area (Å²) in [7, 11) is 0. The molecule has 1 aromatic rings. The highest BCUT2D eigenvalue weighted by molar-refractivity contribution is 6.35. The Kier molecular flexibility index (Phi) is 5.48. The van der Waals surface area contributed by atoms with Crippen LogP contribution in [0.2, 0.25) is 10.0 Å². The van der Waals surface area contributed by atoms with Crippen LogP contribution in [0.4, 0.5) is 0 Å². The number of aliphatic hydroxyl groups is 1. The number of halogens is 2. The average Bonchev–Trinajstić information content (AvgIpc) is 2.27. The second-order valence-electron chi connectivity index (χ2n) is 3.59. The van der Waals surface area contributed by atoms with Crippen LogP contribution in [0.25, 0.3) is 6.08 Å². The number of hydrogen-bond acceptors (Lipinski definition) is 2. The summed E-state index contributed by atoms with van der Waals surface area (Å²) in [5.41, 5.74) is 0.711. The van der Waals surface area contributed by atoms with Gasteiger partial charge in [-0.2, -0.15) is 0 Å². The summed E-state index contributed by atoms with van der Waals surface area (Å²) in [4.78, 5) is 11.4. The van der Waals surface area contributed by atoms with Crippen LogP contribution in [0.5, 0.6) is 0 Å². The number of benzene rings is 1. The van der Waals surface area contributed by atoms with Crippen molar-refractivity contribution in [3.05, 3.63) is 39.9 Å². The monoisotopic (exact) mass is 273 g/mol. The molecule has 0 aliphatic rings. The standard InChI is InChI=1S/C12H13Cl2NO2/c1-8(7-16)15-12(17)5-3-9-2-4-10(13)6-11(9)14/h2-6,8,16H,7H2,1H3,(H,15,17)/t8-/m1/s1. The van der Waals surface area contributed by atoms with Gasteiger partial charge < -0.3 is 10.4 Å². The molecular formula is C12H13Cl2NO2. The van der Waals surface area contributed by atoms with Crippen LogP contribution in [-0.2, 0) is 4.79 Å². The summed E-state index contributed by atoms with van der Waals surface area (Å²) >= 11 is 11.7. The van der Waals surface area contributed by atoms with Gasteiger partial charge in [-0.3, -0.25) is 4.79 Å². The van der Waals surface area contributed by atoms with E-state index in [1.807, 2.05) is 0 Å². The highest BCUT2D eigenvalue weighted by Crippen LogP contribution is 2.21. The maximum absolute atomic E-state index is 11.4. The largest absolute Gasteiger partial charge is 0.394 e. The molecule has 1 aromatic carbocycles. The molecule has 3 nitrogen and oxygen atoms in total. The first-order chi connectivity index (χ1) is 8.02. The van der Waals surface area contributed by atoms with Gasteiger partial charge in [0.05, 0.1) is 6.61 Å². The van der Waals surface area contributed by atoms with E-state index >= 15 is 0 Å². The van der Waals surface area contributed by atoms with Crippen LogP contribution < -0.4 is 5.32 Å². The summed E-state index contributed by atoms with van der Waals surface area (Å²) in [5, 5.41) is 12.4. The van der Waals surface area contributed by atoms with E-state index in [1.54, 1.807) is 31.2 Å². The molecule has 1 amide bonds. The van der Waals surface area contributed by atoms with Crippen molar-refractivity contribution in [1.82, 2.24) is 5.32 Å². The maximum atomic E-state index is 11.4. The first-order valence-corrected chi connectivity index (χ1v) is 5.83. The minimum atomic E-state index is -0.280. The number of hydrogen-bond donors (Lipinski definition) is 2. The van der Waals surface area contributed by atoms with Gasteiger partial charge in [0.2, 0.25) is 5.91 Å². The fourth-order valence-corrected chi connectivity index (χ4v) is 1.61. The molecule has 0 heterocycles. The second-order valence-corrected chi connectivity index (χ2v) is 4.44. The quantitative estimate of drug-likeness (QED) is 0.829. The summed E-state index contributed by atoms with van der Waals surface area (Å²) in [5.74, 6) is -0.280. The highest BCUT2D eigenvalue weighted by Gasteiger charge is 2.03. The number of carbonyl (C=O) groups excluding carboxylic acids is 1. The van der Waals surface area contributed by atoms with Gasteiger partial charge in [-0.15, -0.1) is 0 Å². The number of aliphatic hydroxyl groups excluding tert-OH is 1. The lowest BCUT2D eigenvalue weighted by molar-refractivity contribution is -0.117. The number of amides is 1. The Morgan fingerprint density at radius 1 is 1.53 bits per heavy atom. The molecule has 2 N–H and O–H groups in total. The summed E-state index contributed by atoms with van der Waals surface area (Å²) in [6.45, 7) is 1.61. The van der Waals surface area contributed by atoms with E-state index in [2.05, 4.69) is 5.32 Å².